The van der Waals surface area contributed by atoms with Gasteiger partial charge in [-0.2, -0.15) is 4.31 Å². The number of carbonyl (C=O) groups is 2. The minimum absolute atomic E-state index is 0.0663. The molecule has 0 radical (unpaired) electrons. The van der Waals surface area contributed by atoms with E-state index in [1.165, 1.54) is 4.31 Å². The Morgan fingerprint density at radius 2 is 1.90 bits per heavy atom. The molecule has 158 valence electrons. The van der Waals surface area contributed by atoms with Gasteiger partial charge in [0.1, 0.15) is 4.90 Å². The van der Waals surface area contributed by atoms with Crippen LogP contribution in [0.3, 0.4) is 0 Å². The van der Waals surface area contributed by atoms with Crippen molar-refractivity contribution in [3.8, 4) is 0 Å². The molecular weight excluding hydrogens is 404 g/mol. The van der Waals surface area contributed by atoms with Gasteiger partial charge in [0.15, 0.2) is 0 Å². The molecule has 2 aromatic rings. The van der Waals surface area contributed by atoms with E-state index >= 15 is 0 Å². The number of para-hydroxylation sites is 1. The summed E-state index contributed by atoms with van der Waals surface area (Å²) in [6, 6.07) is 8.53. The zero-order chi connectivity index (χ0) is 20.9. The fraction of sp³-hybridized carbons (Fsp3) is 0.476. The smallest absolute Gasteiger partial charge is 0.245 e. The summed E-state index contributed by atoms with van der Waals surface area (Å²) in [7, 11) is -3.70. The molecule has 3 fully saturated rings. The highest BCUT2D eigenvalue weighted by Gasteiger charge is 2.46. The van der Waals surface area contributed by atoms with Crippen molar-refractivity contribution in [3.05, 3.63) is 36.5 Å². The van der Waals surface area contributed by atoms with Gasteiger partial charge in [-0.3, -0.25) is 14.6 Å². The van der Waals surface area contributed by atoms with E-state index in [1.54, 1.807) is 29.3 Å². The van der Waals surface area contributed by atoms with Crippen LogP contribution in [-0.4, -0.2) is 66.6 Å². The fourth-order valence-electron chi connectivity index (χ4n) is 4.20. The molecule has 1 saturated carbocycles. The number of likely N-dealkylation sites (tertiary alicyclic amines) is 1. The van der Waals surface area contributed by atoms with Gasteiger partial charge in [0.2, 0.25) is 21.8 Å². The summed E-state index contributed by atoms with van der Waals surface area (Å²) in [5.41, 5.74) is 0.452. The lowest BCUT2D eigenvalue weighted by molar-refractivity contribution is -0.132. The summed E-state index contributed by atoms with van der Waals surface area (Å²) < 4.78 is 27.6. The summed E-state index contributed by atoms with van der Waals surface area (Å²) in [6.45, 7) is 1.54. The van der Waals surface area contributed by atoms with Crippen molar-refractivity contribution in [2.45, 2.75) is 30.2 Å². The molecule has 9 heteroatoms. The normalized spacial score (nSPS) is 23.0. The van der Waals surface area contributed by atoms with E-state index in [0.717, 1.165) is 18.2 Å². The largest absolute Gasteiger partial charge is 0.356 e. The van der Waals surface area contributed by atoms with Crippen molar-refractivity contribution in [1.29, 1.82) is 0 Å². The number of aromatic nitrogens is 1. The second-order valence-electron chi connectivity index (χ2n) is 8.44. The van der Waals surface area contributed by atoms with Crippen molar-refractivity contribution in [1.82, 2.24) is 19.5 Å². The van der Waals surface area contributed by atoms with Crippen molar-refractivity contribution in [2.75, 3.05) is 26.2 Å². The van der Waals surface area contributed by atoms with E-state index in [0.29, 0.717) is 24.5 Å². The van der Waals surface area contributed by atoms with Gasteiger partial charge in [0, 0.05) is 44.2 Å². The molecule has 5 rings (SSSR count). The third kappa shape index (κ3) is 3.45. The molecule has 1 aliphatic carbocycles. The lowest BCUT2D eigenvalue weighted by atomic mass is 10.1. The lowest BCUT2D eigenvalue weighted by Gasteiger charge is -2.43. The number of hydrogen-bond donors (Lipinski definition) is 1. The summed E-state index contributed by atoms with van der Waals surface area (Å²) in [4.78, 5) is 30.9. The average molecular weight is 429 g/mol. The number of rotatable bonds is 6. The maximum atomic E-state index is 13.1. The van der Waals surface area contributed by atoms with Crippen molar-refractivity contribution in [3.63, 3.8) is 0 Å². The van der Waals surface area contributed by atoms with Crippen molar-refractivity contribution < 1.29 is 18.0 Å². The summed E-state index contributed by atoms with van der Waals surface area (Å²) >= 11 is 0. The van der Waals surface area contributed by atoms with Crippen molar-refractivity contribution in [2.24, 2.45) is 11.8 Å². The number of sulfonamides is 1. The Balaban J connectivity index is 1.24. The minimum atomic E-state index is -3.70. The van der Waals surface area contributed by atoms with Gasteiger partial charge in [0.25, 0.3) is 0 Å². The van der Waals surface area contributed by atoms with Crippen LogP contribution in [0.5, 0.6) is 0 Å². The Morgan fingerprint density at radius 1 is 1.13 bits per heavy atom. The van der Waals surface area contributed by atoms with E-state index in [9.17, 15) is 18.0 Å². The Morgan fingerprint density at radius 3 is 2.67 bits per heavy atom. The van der Waals surface area contributed by atoms with E-state index in [1.807, 2.05) is 12.1 Å². The van der Waals surface area contributed by atoms with E-state index < -0.39 is 10.0 Å². The van der Waals surface area contributed by atoms with E-state index in [2.05, 4.69) is 10.3 Å². The molecular formula is C21H24N4O4S. The molecule has 8 nitrogen and oxygen atoms in total. The minimum Gasteiger partial charge on any atom is -0.356 e. The van der Waals surface area contributed by atoms with Crippen LogP contribution in [0.2, 0.25) is 0 Å². The van der Waals surface area contributed by atoms with E-state index in [4.69, 9.17) is 0 Å². The number of hydrogen-bond acceptors (Lipinski definition) is 5. The molecule has 1 N–H and O–H groups in total. The molecule has 0 spiro atoms. The standard InChI is InChI=1S/C21H24N4O4S/c26-19-9-16(21(27)23-10-14-6-7-14)11-25(19)17-12-24(13-17)30(28,29)18-5-1-3-15-4-2-8-22-20(15)18/h1-5,8,14,16-17H,6-7,9-13H2,(H,23,27). The Hall–Kier alpha value is -2.52. The molecule has 30 heavy (non-hydrogen) atoms. The Kier molecular flexibility index (Phi) is 4.74. The molecule has 2 aliphatic heterocycles. The molecule has 1 aromatic carbocycles. The van der Waals surface area contributed by atoms with Gasteiger partial charge in [0.05, 0.1) is 17.5 Å². The lowest BCUT2D eigenvalue weighted by Crippen LogP contribution is -2.61. The molecule has 1 unspecified atom stereocenters. The number of nitrogens with one attached hydrogen (secondary N) is 1. The summed E-state index contributed by atoms with van der Waals surface area (Å²) in [5, 5.41) is 3.71. The first kappa shape index (κ1) is 19.4. The highest BCUT2D eigenvalue weighted by atomic mass is 32.2. The molecule has 2 amide bonds. The first-order chi connectivity index (χ1) is 14.4. The molecule has 3 heterocycles. The van der Waals surface area contributed by atoms with Crippen LogP contribution < -0.4 is 5.32 Å². The zero-order valence-electron chi connectivity index (χ0n) is 16.5. The third-order valence-corrected chi connectivity index (χ3v) is 8.14. The van der Waals surface area contributed by atoms with Gasteiger partial charge in [-0.25, -0.2) is 8.42 Å². The number of carbonyl (C=O) groups excluding carboxylic acids is 2. The van der Waals surface area contributed by atoms with Crippen LogP contribution in [0.25, 0.3) is 10.9 Å². The van der Waals surface area contributed by atoms with Crippen LogP contribution in [0.1, 0.15) is 19.3 Å². The second kappa shape index (κ2) is 7.31. The molecule has 1 aromatic heterocycles. The van der Waals surface area contributed by atoms with Crippen molar-refractivity contribution >= 4 is 32.7 Å². The van der Waals surface area contributed by atoms with Gasteiger partial charge >= 0.3 is 0 Å². The number of fused-ring (bicyclic) bond motifs is 1. The average Bonchev–Trinajstić information content (AvgIpc) is 3.46. The topological polar surface area (TPSA) is 99.7 Å². The predicted octanol–water partition coefficient (Wildman–Crippen LogP) is 0.982. The highest BCUT2D eigenvalue weighted by molar-refractivity contribution is 7.89. The van der Waals surface area contributed by atoms with Gasteiger partial charge in [-0.15, -0.1) is 0 Å². The van der Waals surface area contributed by atoms with Crippen LogP contribution in [0, 0.1) is 11.8 Å². The quantitative estimate of drug-likeness (QED) is 0.740. The number of pyridine rings is 1. The Bertz CT molecular complexity index is 1100. The van der Waals surface area contributed by atoms with Crippen LogP contribution >= 0.6 is 0 Å². The SMILES string of the molecule is O=C(NCC1CC1)C1CC(=O)N(C2CN(S(=O)(=O)c3cccc4cccnc34)C2)C1. The van der Waals surface area contributed by atoms with Gasteiger partial charge in [-0.1, -0.05) is 18.2 Å². The summed E-state index contributed by atoms with van der Waals surface area (Å²) in [5.74, 6) is 0.110. The van der Waals surface area contributed by atoms with Crippen LogP contribution in [-0.2, 0) is 19.6 Å². The first-order valence-corrected chi connectivity index (χ1v) is 11.8. The number of amides is 2. The summed E-state index contributed by atoms with van der Waals surface area (Å²) in [6.07, 6.45) is 4.10. The highest BCUT2D eigenvalue weighted by Crippen LogP contribution is 2.31. The second-order valence-corrected chi connectivity index (χ2v) is 10.3. The predicted molar refractivity (Wildman–Crippen MR) is 110 cm³/mol. The van der Waals surface area contributed by atoms with Gasteiger partial charge in [-0.05, 0) is 30.9 Å². The fourth-order valence-corrected chi connectivity index (χ4v) is 5.89. The monoisotopic (exact) mass is 428 g/mol. The van der Waals surface area contributed by atoms with Crippen LogP contribution in [0.4, 0.5) is 0 Å². The van der Waals surface area contributed by atoms with Crippen LogP contribution in [0.15, 0.2) is 41.4 Å². The zero-order valence-corrected chi connectivity index (χ0v) is 17.3. The van der Waals surface area contributed by atoms with E-state index in [-0.39, 0.29) is 48.2 Å². The third-order valence-electron chi connectivity index (χ3n) is 6.27. The number of benzene rings is 1. The maximum absolute atomic E-state index is 13.1. The molecule has 0 bridgehead atoms. The first-order valence-electron chi connectivity index (χ1n) is 10.3. The molecule has 2 saturated heterocycles. The molecule has 3 aliphatic rings. The molecule has 1 atom stereocenters. The number of nitrogens with zero attached hydrogens (tertiary/aromatic N) is 3. The maximum Gasteiger partial charge on any atom is 0.245 e. The Labute approximate surface area is 175 Å². The van der Waals surface area contributed by atoms with Gasteiger partial charge < -0.3 is 10.2 Å².